The van der Waals surface area contributed by atoms with Crippen molar-refractivity contribution in [1.29, 1.82) is 0 Å². The monoisotopic (exact) mass is 298 g/mol. The van der Waals surface area contributed by atoms with E-state index in [4.69, 9.17) is 0 Å². The van der Waals surface area contributed by atoms with Gasteiger partial charge in [0.2, 0.25) is 0 Å². The first-order chi connectivity index (χ1) is 9.18. The Morgan fingerprint density at radius 3 is 2.45 bits per heavy atom. The Bertz CT molecular complexity index is 683. The van der Waals surface area contributed by atoms with E-state index >= 15 is 0 Å². The Hall–Kier alpha value is -1.96. The highest BCUT2D eigenvalue weighted by atomic mass is 32.2. The number of rotatable bonds is 4. The molecule has 2 rings (SSSR count). The van der Waals surface area contributed by atoms with Gasteiger partial charge in [-0.3, -0.25) is 14.9 Å². The van der Waals surface area contributed by atoms with Crippen molar-refractivity contribution in [1.82, 2.24) is 5.32 Å². The van der Waals surface area contributed by atoms with E-state index in [0.29, 0.717) is 5.92 Å². The fourth-order valence-electron chi connectivity index (χ4n) is 1.81. The van der Waals surface area contributed by atoms with Crippen LogP contribution >= 0.6 is 0 Å². The Balaban J connectivity index is 2.39. The van der Waals surface area contributed by atoms with Crippen LogP contribution in [0.15, 0.2) is 23.1 Å². The summed E-state index contributed by atoms with van der Waals surface area (Å²) in [6, 6.07) is 3.25. The molecule has 2 atom stereocenters. The van der Waals surface area contributed by atoms with Crippen molar-refractivity contribution in [3.05, 3.63) is 33.9 Å². The highest BCUT2D eigenvalue weighted by molar-refractivity contribution is 7.90. The third-order valence-corrected chi connectivity index (χ3v) is 4.31. The Morgan fingerprint density at radius 2 is 2.00 bits per heavy atom. The van der Waals surface area contributed by atoms with Crippen molar-refractivity contribution in [3.63, 3.8) is 0 Å². The maximum atomic E-state index is 12.0. The predicted molar refractivity (Wildman–Crippen MR) is 71.2 cm³/mol. The number of nitrogens with one attached hydrogen (secondary N) is 1. The molecule has 1 aromatic carbocycles. The van der Waals surface area contributed by atoms with Crippen molar-refractivity contribution in [2.75, 3.05) is 6.26 Å². The lowest BCUT2D eigenvalue weighted by Gasteiger charge is -2.06. The number of hydrogen-bond acceptors (Lipinski definition) is 5. The first kappa shape index (κ1) is 14.4. The number of carbonyl (C=O) groups excluding carboxylic acids is 1. The molecule has 8 heteroatoms. The van der Waals surface area contributed by atoms with E-state index in [-0.39, 0.29) is 16.5 Å². The standard InChI is InChI=1S/C12H14N2O5S/c1-7-3-11(7)13-12(15)8-4-9(14(16)17)6-10(5-8)20(2,18)19/h4-7,11H,3H2,1-2H3,(H,13,15)/t7-,11+/m1/s1. The SMILES string of the molecule is C[C@@H]1C[C@@H]1NC(=O)c1cc([N+](=O)[O-])cc(S(C)(=O)=O)c1. The quantitative estimate of drug-likeness (QED) is 0.662. The van der Waals surface area contributed by atoms with Gasteiger partial charge in [0.25, 0.3) is 11.6 Å². The van der Waals surface area contributed by atoms with Crippen LogP contribution in [0.5, 0.6) is 0 Å². The highest BCUT2D eigenvalue weighted by Gasteiger charge is 2.34. The third-order valence-electron chi connectivity index (χ3n) is 3.22. The van der Waals surface area contributed by atoms with Gasteiger partial charge in [-0.15, -0.1) is 0 Å². The van der Waals surface area contributed by atoms with Crippen molar-refractivity contribution in [2.45, 2.75) is 24.3 Å². The van der Waals surface area contributed by atoms with E-state index in [1.165, 1.54) is 0 Å². The number of nitro groups is 1. The minimum Gasteiger partial charge on any atom is -0.349 e. The average molecular weight is 298 g/mol. The second-order valence-electron chi connectivity index (χ2n) is 5.04. The Labute approximate surface area is 116 Å². The highest BCUT2D eigenvalue weighted by Crippen LogP contribution is 2.29. The minimum absolute atomic E-state index is 0.0151. The number of sulfone groups is 1. The molecule has 0 spiro atoms. The van der Waals surface area contributed by atoms with Crippen molar-refractivity contribution in [3.8, 4) is 0 Å². The molecule has 1 aliphatic carbocycles. The molecule has 0 aliphatic heterocycles. The van der Waals surface area contributed by atoms with Gasteiger partial charge in [-0.2, -0.15) is 0 Å². The van der Waals surface area contributed by atoms with E-state index in [0.717, 1.165) is 30.9 Å². The molecule has 1 saturated carbocycles. The maximum Gasteiger partial charge on any atom is 0.271 e. The van der Waals surface area contributed by atoms with E-state index in [1.54, 1.807) is 0 Å². The van der Waals surface area contributed by atoms with Gasteiger partial charge >= 0.3 is 0 Å². The van der Waals surface area contributed by atoms with Crippen molar-refractivity contribution < 1.29 is 18.1 Å². The van der Waals surface area contributed by atoms with Crippen LogP contribution < -0.4 is 5.32 Å². The summed E-state index contributed by atoms with van der Waals surface area (Å²) >= 11 is 0. The second kappa shape index (κ2) is 4.86. The molecule has 0 bridgehead atoms. The summed E-state index contributed by atoms with van der Waals surface area (Å²) in [5.41, 5.74) is -0.430. The van der Waals surface area contributed by atoms with Gasteiger partial charge in [0.05, 0.1) is 9.82 Å². The molecular formula is C12H14N2O5S. The molecule has 1 amide bonds. The summed E-state index contributed by atoms with van der Waals surface area (Å²) in [5, 5.41) is 13.5. The number of benzene rings is 1. The van der Waals surface area contributed by atoms with Gasteiger partial charge in [-0.05, 0) is 18.4 Å². The van der Waals surface area contributed by atoms with Crippen LogP contribution in [-0.2, 0) is 9.84 Å². The Morgan fingerprint density at radius 1 is 1.40 bits per heavy atom. The molecule has 0 saturated heterocycles. The smallest absolute Gasteiger partial charge is 0.271 e. The van der Waals surface area contributed by atoms with E-state index in [1.807, 2.05) is 6.92 Å². The topological polar surface area (TPSA) is 106 Å². The summed E-state index contributed by atoms with van der Waals surface area (Å²) in [4.78, 5) is 21.8. The van der Waals surface area contributed by atoms with Crippen LogP contribution in [0, 0.1) is 16.0 Å². The van der Waals surface area contributed by atoms with Crippen LogP contribution in [-0.4, -0.2) is 31.5 Å². The first-order valence-electron chi connectivity index (χ1n) is 5.99. The Kier molecular flexibility index (Phi) is 3.51. The van der Waals surface area contributed by atoms with Gasteiger partial charge in [0.1, 0.15) is 0 Å². The number of carbonyl (C=O) groups is 1. The van der Waals surface area contributed by atoms with E-state index in [2.05, 4.69) is 5.32 Å². The molecule has 0 radical (unpaired) electrons. The normalized spacial score (nSPS) is 21.3. The number of hydrogen-bond donors (Lipinski definition) is 1. The van der Waals surface area contributed by atoms with Crippen LogP contribution in [0.3, 0.4) is 0 Å². The van der Waals surface area contributed by atoms with Crippen LogP contribution in [0.2, 0.25) is 0 Å². The molecule has 0 aromatic heterocycles. The molecule has 0 heterocycles. The molecule has 1 N–H and O–H groups in total. The average Bonchev–Trinajstić information content (AvgIpc) is 3.03. The lowest BCUT2D eigenvalue weighted by molar-refractivity contribution is -0.385. The minimum atomic E-state index is -3.62. The molecule has 1 aromatic rings. The molecular weight excluding hydrogens is 284 g/mol. The zero-order valence-corrected chi connectivity index (χ0v) is 11.8. The maximum absolute atomic E-state index is 12.0. The largest absolute Gasteiger partial charge is 0.349 e. The number of amides is 1. The van der Waals surface area contributed by atoms with E-state index < -0.39 is 26.4 Å². The lowest BCUT2D eigenvalue weighted by Crippen LogP contribution is -2.26. The molecule has 0 unspecified atom stereocenters. The fraction of sp³-hybridized carbons (Fsp3) is 0.417. The zero-order chi connectivity index (χ0) is 15.1. The number of non-ortho nitro benzene ring substituents is 1. The molecule has 108 valence electrons. The van der Waals surface area contributed by atoms with Crippen LogP contribution in [0.25, 0.3) is 0 Å². The summed E-state index contributed by atoms with van der Waals surface area (Å²) in [5.74, 6) is -0.111. The number of nitrogens with zero attached hydrogens (tertiary/aromatic N) is 1. The molecule has 20 heavy (non-hydrogen) atoms. The third kappa shape index (κ3) is 3.13. The van der Waals surface area contributed by atoms with Gasteiger partial charge in [-0.1, -0.05) is 6.92 Å². The molecule has 1 aliphatic rings. The van der Waals surface area contributed by atoms with Crippen LogP contribution in [0.4, 0.5) is 5.69 Å². The fourth-order valence-corrected chi connectivity index (χ4v) is 2.48. The zero-order valence-electron chi connectivity index (χ0n) is 11.0. The number of nitro benzene ring substituents is 1. The summed E-state index contributed by atoms with van der Waals surface area (Å²) in [6.45, 7) is 1.97. The van der Waals surface area contributed by atoms with Crippen LogP contribution in [0.1, 0.15) is 23.7 Å². The van der Waals surface area contributed by atoms with Gasteiger partial charge in [-0.25, -0.2) is 8.42 Å². The summed E-state index contributed by atoms with van der Waals surface area (Å²) in [6.07, 6.45) is 1.80. The predicted octanol–water partition coefficient (Wildman–Crippen LogP) is 1.14. The van der Waals surface area contributed by atoms with Gasteiger partial charge in [0.15, 0.2) is 9.84 Å². The van der Waals surface area contributed by atoms with Gasteiger partial charge < -0.3 is 5.32 Å². The lowest BCUT2D eigenvalue weighted by atomic mass is 10.2. The molecule has 1 fully saturated rings. The molecule has 7 nitrogen and oxygen atoms in total. The summed E-state index contributed by atoms with van der Waals surface area (Å²) < 4.78 is 23.0. The van der Waals surface area contributed by atoms with E-state index in [9.17, 15) is 23.3 Å². The summed E-state index contributed by atoms with van der Waals surface area (Å²) in [7, 11) is -3.62. The van der Waals surface area contributed by atoms with Crippen molar-refractivity contribution in [2.24, 2.45) is 5.92 Å². The first-order valence-corrected chi connectivity index (χ1v) is 7.88. The van der Waals surface area contributed by atoms with Gasteiger partial charge in [0, 0.05) is 30.0 Å². The second-order valence-corrected chi connectivity index (χ2v) is 7.05. The van der Waals surface area contributed by atoms with Crippen molar-refractivity contribution >= 4 is 21.4 Å².